The Morgan fingerprint density at radius 3 is 2.66 bits per heavy atom. The molecule has 8 heteroatoms. The van der Waals surface area contributed by atoms with Crippen LogP contribution < -0.4 is 5.32 Å². The van der Waals surface area contributed by atoms with Crippen molar-refractivity contribution in [3.8, 4) is 9.88 Å². The first-order chi connectivity index (χ1) is 14.1. The van der Waals surface area contributed by atoms with Crippen LogP contribution in [0.1, 0.15) is 28.9 Å². The molecule has 0 spiro atoms. The van der Waals surface area contributed by atoms with Gasteiger partial charge in [0.2, 0.25) is 5.91 Å². The molecule has 150 valence electrons. The largest absolute Gasteiger partial charge is 0.350 e. The van der Waals surface area contributed by atoms with E-state index in [-0.39, 0.29) is 23.3 Å². The Hall–Kier alpha value is -2.58. The smallest absolute Gasteiger partial charge is 0.256 e. The molecular weight excluding hydrogens is 409 g/mol. The number of nitrogens with one attached hydrogen (secondary N) is 1. The zero-order chi connectivity index (χ0) is 20.2. The van der Waals surface area contributed by atoms with Crippen LogP contribution in [0.5, 0.6) is 0 Å². The van der Waals surface area contributed by atoms with Crippen molar-refractivity contribution >= 4 is 34.5 Å². The maximum Gasteiger partial charge on any atom is 0.256 e. The van der Waals surface area contributed by atoms with Crippen molar-refractivity contribution < 1.29 is 14.0 Å². The van der Waals surface area contributed by atoms with Crippen LogP contribution in [0.4, 0.5) is 4.39 Å². The Kier molecular flexibility index (Phi) is 6.01. The van der Waals surface area contributed by atoms with Gasteiger partial charge in [0.15, 0.2) is 0 Å². The van der Waals surface area contributed by atoms with Crippen LogP contribution in [-0.4, -0.2) is 34.8 Å². The summed E-state index contributed by atoms with van der Waals surface area (Å²) in [4.78, 5) is 32.3. The summed E-state index contributed by atoms with van der Waals surface area (Å²) >= 11 is 3.21. The zero-order valence-electron chi connectivity index (χ0n) is 15.6. The number of rotatable bonds is 5. The van der Waals surface area contributed by atoms with E-state index in [4.69, 9.17) is 0 Å². The minimum Gasteiger partial charge on any atom is -0.350 e. The standard InChI is InChI=1S/C21H20FN3O2S2/c22-17-5-2-1-4-16(17)21(27)25-9-7-14(8-10-25)19(26)23-12-15-13-29-20(24-15)18-6-3-11-28-18/h1-6,11,13-14H,7-10,12H2,(H,23,26). The topological polar surface area (TPSA) is 62.3 Å². The van der Waals surface area contributed by atoms with E-state index < -0.39 is 5.82 Å². The summed E-state index contributed by atoms with van der Waals surface area (Å²) in [6, 6.07) is 10.0. The van der Waals surface area contributed by atoms with Gasteiger partial charge >= 0.3 is 0 Å². The molecule has 2 aromatic heterocycles. The van der Waals surface area contributed by atoms with Gasteiger partial charge in [0.25, 0.3) is 5.91 Å². The van der Waals surface area contributed by atoms with Crippen molar-refractivity contribution in [1.82, 2.24) is 15.2 Å². The average Bonchev–Trinajstić information content (AvgIpc) is 3.44. The second-order valence-corrected chi connectivity index (χ2v) is 8.69. The van der Waals surface area contributed by atoms with Crippen LogP contribution in [0.2, 0.25) is 0 Å². The first-order valence-corrected chi connectivity index (χ1v) is 11.2. The number of hydrogen-bond donors (Lipinski definition) is 1. The van der Waals surface area contributed by atoms with Gasteiger partial charge in [-0.2, -0.15) is 0 Å². The van der Waals surface area contributed by atoms with E-state index >= 15 is 0 Å². The predicted octanol–water partition coefficient (Wildman–Crippen LogP) is 4.18. The van der Waals surface area contributed by atoms with Crippen LogP contribution in [0, 0.1) is 11.7 Å². The molecule has 0 atom stereocenters. The highest BCUT2D eigenvalue weighted by Gasteiger charge is 2.28. The fourth-order valence-electron chi connectivity index (χ4n) is 3.37. The Morgan fingerprint density at radius 2 is 1.93 bits per heavy atom. The number of thiazole rings is 1. The molecule has 0 bridgehead atoms. The monoisotopic (exact) mass is 429 g/mol. The molecule has 1 aliphatic rings. The minimum absolute atomic E-state index is 0.0198. The SMILES string of the molecule is O=C(NCc1csc(-c2cccs2)n1)C1CCN(C(=O)c2ccccc2F)CC1. The lowest BCUT2D eigenvalue weighted by atomic mass is 9.95. The number of nitrogens with zero attached hydrogens (tertiary/aromatic N) is 2. The van der Waals surface area contributed by atoms with E-state index in [0.717, 1.165) is 15.6 Å². The molecule has 1 aromatic carbocycles. The number of likely N-dealkylation sites (tertiary alicyclic amines) is 1. The van der Waals surface area contributed by atoms with Crippen molar-refractivity contribution in [2.75, 3.05) is 13.1 Å². The van der Waals surface area contributed by atoms with E-state index in [1.165, 1.54) is 12.1 Å². The summed E-state index contributed by atoms with van der Waals surface area (Å²) < 4.78 is 13.8. The third kappa shape index (κ3) is 4.54. The van der Waals surface area contributed by atoms with Gasteiger partial charge in [-0.05, 0) is 36.4 Å². The normalized spacial score (nSPS) is 14.7. The van der Waals surface area contributed by atoms with Crippen molar-refractivity contribution in [2.45, 2.75) is 19.4 Å². The van der Waals surface area contributed by atoms with E-state index in [1.54, 1.807) is 39.7 Å². The lowest BCUT2D eigenvalue weighted by Crippen LogP contribution is -2.43. The number of piperidine rings is 1. The van der Waals surface area contributed by atoms with E-state index in [1.807, 2.05) is 22.9 Å². The Morgan fingerprint density at radius 1 is 1.14 bits per heavy atom. The van der Waals surface area contributed by atoms with Crippen molar-refractivity contribution in [1.29, 1.82) is 0 Å². The summed E-state index contributed by atoms with van der Waals surface area (Å²) in [7, 11) is 0. The predicted molar refractivity (Wildman–Crippen MR) is 112 cm³/mol. The minimum atomic E-state index is -0.512. The van der Waals surface area contributed by atoms with Gasteiger partial charge < -0.3 is 10.2 Å². The van der Waals surface area contributed by atoms with Gasteiger partial charge in [0.05, 0.1) is 22.7 Å². The molecule has 1 saturated heterocycles. The van der Waals surface area contributed by atoms with E-state index in [2.05, 4.69) is 10.3 Å². The molecule has 1 aliphatic heterocycles. The zero-order valence-corrected chi connectivity index (χ0v) is 17.3. The number of thiophene rings is 1. The maximum atomic E-state index is 13.8. The fourth-order valence-corrected chi connectivity index (χ4v) is 5.01. The van der Waals surface area contributed by atoms with Crippen LogP contribution in [0.3, 0.4) is 0 Å². The highest BCUT2D eigenvalue weighted by atomic mass is 32.1. The number of benzene rings is 1. The molecule has 4 rings (SSSR count). The first-order valence-electron chi connectivity index (χ1n) is 9.41. The molecule has 0 aliphatic carbocycles. The Labute approximate surface area is 176 Å². The second kappa shape index (κ2) is 8.84. The molecule has 5 nitrogen and oxygen atoms in total. The number of aromatic nitrogens is 1. The Bertz CT molecular complexity index is 995. The van der Waals surface area contributed by atoms with E-state index in [0.29, 0.717) is 32.5 Å². The summed E-state index contributed by atoms with van der Waals surface area (Å²) in [5, 5.41) is 7.90. The highest BCUT2D eigenvalue weighted by molar-refractivity contribution is 7.20. The van der Waals surface area contributed by atoms with Gasteiger partial charge in [0, 0.05) is 24.4 Å². The average molecular weight is 430 g/mol. The van der Waals surface area contributed by atoms with Crippen molar-refractivity contribution in [3.05, 3.63) is 64.2 Å². The maximum absolute atomic E-state index is 13.8. The third-order valence-corrected chi connectivity index (χ3v) is 6.91. The summed E-state index contributed by atoms with van der Waals surface area (Å²) in [6.07, 6.45) is 1.15. The number of halogens is 1. The van der Waals surface area contributed by atoms with Gasteiger partial charge in [-0.1, -0.05) is 18.2 Å². The molecule has 2 amide bonds. The summed E-state index contributed by atoms with van der Waals surface area (Å²) in [6.45, 7) is 1.30. The van der Waals surface area contributed by atoms with Crippen molar-refractivity contribution in [2.24, 2.45) is 5.92 Å². The lowest BCUT2D eigenvalue weighted by molar-refractivity contribution is -0.126. The van der Waals surface area contributed by atoms with Gasteiger partial charge in [-0.25, -0.2) is 9.37 Å². The fraction of sp³-hybridized carbons (Fsp3) is 0.286. The quantitative estimate of drug-likeness (QED) is 0.662. The third-order valence-electron chi connectivity index (χ3n) is 4.98. The van der Waals surface area contributed by atoms with Crippen LogP contribution in [-0.2, 0) is 11.3 Å². The van der Waals surface area contributed by atoms with Crippen LogP contribution in [0.25, 0.3) is 9.88 Å². The molecule has 3 aromatic rings. The summed E-state index contributed by atoms with van der Waals surface area (Å²) in [5.74, 6) is -0.989. The van der Waals surface area contributed by atoms with Gasteiger partial charge in [-0.3, -0.25) is 9.59 Å². The van der Waals surface area contributed by atoms with Crippen molar-refractivity contribution in [3.63, 3.8) is 0 Å². The molecule has 0 radical (unpaired) electrons. The number of carbonyl (C=O) groups excluding carboxylic acids is 2. The van der Waals surface area contributed by atoms with Gasteiger partial charge in [0.1, 0.15) is 10.8 Å². The van der Waals surface area contributed by atoms with Gasteiger partial charge in [-0.15, -0.1) is 22.7 Å². The molecule has 0 unspecified atom stereocenters. The van der Waals surface area contributed by atoms with Crippen LogP contribution in [0.15, 0.2) is 47.2 Å². The molecular formula is C21H20FN3O2S2. The molecule has 0 saturated carbocycles. The first kappa shape index (κ1) is 19.7. The Balaban J connectivity index is 1.27. The van der Waals surface area contributed by atoms with E-state index in [9.17, 15) is 14.0 Å². The van der Waals surface area contributed by atoms with Crippen LogP contribution >= 0.6 is 22.7 Å². The molecule has 29 heavy (non-hydrogen) atoms. The lowest BCUT2D eigenvalue weighted by Gasteiger charge is -2.31. The number of amides is 2. The number of hydrogen-bond acceptors (Lipinski definition) is 5. The second-order valence-electron chi connectivity index (χ2n) is 6.89. The molecule has 1 N–H and O–H groups in total. The summed E-state index contributed by atoms with van der Waals surface area (Å²) in [5.41, 5.74) is 0.930. The highest BCUT2D eigenvalue weighted by Crippen LogP contribution is 2.28. The number of carbonyl (C=O) groups is 2. The molecule has 1 fully saturated rings. The molecule has 3 heterocycles.